The molecule has 7 nitrogen and oxygen atoms in total. The molecule has 2 atom stereocenters. The monoisotopic (exact) mass is 383 g/mol. The van der Waals surface area contributed by atoms with Crippen molar-refractivity contribution in [3.8, 4) is 0 Å². The first kappa shape index (κ1) is 18.9. The number of hydrogen-bond donors (Lipinski definition) is 1. The Labute approximate surface area is 165 Å². The van der Waals surface area contributed by atoms with Crippen LogP contribution in [0.1, 0.15) is 23.3 Å². The molecule has 2 saturated heterocycles. The average Bonchev–Trinajstić information content (AvgIpc) is 3.30. The number of piperidine rings is 1. The van der Waals surface area contributed by atoms with Crippen molar-refractivity contribution in [2.45, 2.75) is 12.8 Å². The van der Waals surface area contributed by atoms with Crippen molar-refractivity contribution in [2.75, 3.05) is 40.3 Å². The Bertz CT molecular complexity index is 884. The van der Waals surface area contributed by atoms with E-state index in [1.54, 1.807) is 11.7 Å². The molecule has 7 heteroatoms. The van der Waals surface area contributed by atoms with E-state index < -0.39 is 0 Å². The third-order valence-corrected chi connectivity index (χ3v) is 6.56. The van der Waals surface area contributed by atoms with Gasteiger partial charge in [-0.3, -0.25) is 14.3 Å². The van der Waals surface area contributed by atoms with Gasteiger partial charge in [-0.25, -0.2) is 0 Å². The van der Waals surface area contributed by atoms with E-state index >= 15 is 0 Å². The zero-order valence-electron chi connectivity index (χ0n) is 16.9. The van der Waals surface area contributed by atoms with Gasteiger partial charge in [-0.2, -0.15) is 5.10 Å². The lowest BCUT2D eigenvalue weighted by Gasteiger charge is -2.34. The van der Waals surface area contributed by atoms with E-state index in [1.165, 1.54) is 0 Å². The number of nitrogens with zero attached hydrogens (tertiary/aromatic N) is 4. The number of para-hydroxylation sites is 1. The fourth-order valence-electron chi connectivity index (χ4n) is 4.91. The van der Waals surface area contributed by atoms with Crippen molar-refractivity contribution in [3.63, 3.8) is 0 Å². The maximum atomic E-state index is 13.3. The highest BCUT2D eigenvalue weighted by Crippen LogP contribution is 2.36. The standard InChI is InChI=1S/C21H29N5O2/c1-22-20(27)17-13-26(12-16(17)14-8-10-24(2)11-9-14)21(28)19-15-6-4-5-7-18(15)25(3)23-19/h4-7,14,16-17H,8-13H2,1-3H3,(H,22,27)/t16-,17+/m0/s1. The van der Waals surface area contributed by atoms with Gasteiger partial charge in [-0.1, -0.05) is 18.2 Å². The Hall–Kier alpha value is -2.41. The van der Waals surface area contributed by atoms with Gasteiger partial charge in [0.15, 0.2) is 5.69 Å². The summed E-state index contributed by atoms with van der Waals surface area (Å²) in [6.45, 7) is 3.22. The number of carbonyl (C=O) groups is 2. The number of likely N-dealkylation sites (tertiary alicyclic amines) is 2. The van der Waals surface area contributed by atoms with Gasteiger partial charge in [0.2, 0.25) is 5.91 Å². The quantitative estimate of drug-likeness (QED) is 0.869. The number of fused-ring (bicyclic) bond motifs is 1. The van der Waals surface area contributed by atoms with Crippen LogP contribution in [0.4, 0.5) is 0 Å². The molecular formula is C21H29N5O2. The predicted octanol–water partition coefficient (Wildman–Crippen LogP) is 1.35. The van der Waals surface area contributed by atoms with E-state index in [9.17, 15) is 9.59 Å². The summed E-state index contributed by atoms with van der Waals surface area (Å²) in [7, 11) is 5.69. The second-order valence-electron chi connectivity index (χ2n) is 8.22. The lowest BCUT2D eigenvalue weighted by Crippen LogP contribution is -2.39. The van der Waals surface area contributed by atoms with Gasteiger partial charge < -0.3 is 15.1 Å². The van der Waals surface area contributed by atoms with Crippen molar-refractivity contribution < 1.29 is 9.59 Å². The van der Waals surface area contributed by atoms with Crippen LogP contribution < -0.4 is 5.32 Å². The molecule has 2 aliphatic heterocycles. The molecule has 28 heavy (non-hydrogen) atoms. The molecule has 4 rings (SSSR count). The highest BCUT2D eigenvalue weighted by molar-refractivity contribution is 6.05. The maximum Gasteiger partial charge on any atom is 0.275 e. The van der Waals surface area contributed by atoms with Crippen molar-refractivity contribution >= 4 is 22.7 Å². The van der Waals surface area contributed by atoms with Crippen LogP contribution in [-0.2, 0) is 11.8 Å². The summed E-state index contributed by atoms with van der Waals surface area (Å²) >= 11 is 0. The Morgan fingerprint density at radius 3 is 2.54 bits per heavy atom. The highest BCUT2D eigenvalue weighted by Gasteiger charge is 2.44. The number of aromatic nitrogens is 2. The normalized spacial score (nSPS) is 24.0. The van der Waals surface area contributed by atoms with E-state index in [1.807, 2.05) is 36.2 Å². The Kier molecular flexibility index (Phi) is 5.10. The molecule has 0 aliphatic carbocycles. The minimum absolute atomic E-state index is 0.0464. The molecule has 1 aromatic carbocycles. The van der Waals surface area contributed by atoms with Crippen LogP contribution in [0.2, 0.25) is 0 Å². The predicted molar refractivity (Wildman–Crippen MR) is 108 cm³/mol. The minimum atomic E-state index is -0.141. The van der Waals surface area contributed by atoms with Gasteiger partial charge in [0.05, 0.1) is 11.4 Å². The third-order valence-electron chi connectivity index (χ3n) is 6.56. The maximum absolute atomic E-state index is 13.3. The van der Waals surface area contributed by atoms with E-state index in [0.29, 0.717) is 24.7 Å². The average molecular weight is 383 g/mol. The van der Waals surface area contributed by atoms with Gasteiger partial charge in [-0.05, 0) is 50.9 Å². The fraction of sp³-hybridized carbons (Fsp3) is 0.571. The Morgan fingerprint density at radius 1 is 1.11 bits per heavy atom. The number of amides is 2. The summed E-state index contributed by atoms with van der Waals surface area (Å²) in [6, 6.07) is 7.79. The van der Waals surface area contributed by atoms with E-state index in [0.717, 1.165) is 36.8 Å². The van der Waals surface area contributed by atoms with Gasteiger partial charge >= 0.3 is 0 Å². The number of rotatable bonds is 3. The molecule has 2 aromatic rings. The fourth-order valence-corrected chi connectivity index (χ4v) is 4.91. The molecule has 1 N–H and O–H groups in total. The minimum Gasteiger partial charge on any atom is -0.359 e. The van der Waals surface area contributed by atoms with Gasteiger partial charge in [-0.15, -0.1) is 0 Å². The number of carbonyl (C=O) groups excluding carboxylic acids is 2. The molecular weight excluding hydrogens is 354 g/mol. The lowest BCUT2D eigenvalue weighted by atomic mass is 9.78. The van der Waals surface area contributed by atoms with E-state index in [4.69, 9.17) is 0 Å². The van der Waals surface area contributed by atoms with E-state index in [2.05, 4.69) is 22.4 Å². The number of aryl methyl sites for hydroxylation is 1. The molecule has 0 spiro atoms. The summed E-state index contributed by atoms with van der Waals surface area (Å²) < 4.78 is 1.75. The van der Waals surface area contributed by atoms with Gasteiger partial charge in [0, 0.05) is 32.6 Å². The van der Waals surface area contributed by atoms with Crippen LogP contribution in [0.5, 0.6) is 0 Å². The van der Waals surface area contributed by atoms with Gasteiger partial charge in [0.1, 0.15) is 0 Å². The molecule has 0 radical (unpaired) electrons. The van der Waals surface area contributed by atoms with Gasteiger partial charge in [0.25, 0.3) is 5.91 Å². The third kappa shape index (κ3) is 3.28. The van der Waals surface area contributed by atoms with Crippen LogP contribution in [0.15, 0.2) is 24.3 Å². The SMILES string of the molecule is CNC(=O)[C@@H]1CN(C(=O)c2nn(C)c3ccccc23)C[C@H]1C1CCN(C)CC1. The summed E-state index contributed by atoms with van der Waals surface area (Å²) in [5, 5.41) is 8.17. The smallest absolute Gasteiger partial charge is 0.275 e. The second-order valence-corrected chi connectivity index (χ2v) is 8.22. The first-order valence-electron chi connectivity index (χ1n) is 10.1. The lowest BCUT2D eigenvalue weighted by molar-refractivity contribution is -0.125. The molecule has 150 valence electrons. The molecule has 2 aliphatic rings. The molecule has 1 aromatic heterocycles. The number of benzene rings is 1. The highest BCUT2D eigenvalue weighted by atomic mass is 16.2. The van der Waals surface area contributed by atoms with Crippen LogP contribution in [0.3, 0.4) is 0 Å². The van der Waals surface area contributed by atoms with E-state index in [-0.39, 0.29) is 23.7 Å². The molecule has 3 heterocycles. The molecule has 0 unspecified atom stereocenters. The summed E-state index contributed by atoms with van der Waals surface area (Å²) in [5.41, 5.74) is 1.43. The molecule has 0 saturated carbocycles. The molecule has 2 fully saturated rings. The number of hydrogen-bond acceptors (Lipinski definition) is 4. The van der Waals surface area contributed by atoms with Crippen molar-refractivity contribution in [2.24, 2.45) is 24.8 Å². The summed E-state index contributed by atoms with van der Waals surface area (Å²) in [6.07, 6.45) is 2.17. The zero-order valence-corrected chi connectivity index (χ0v) is 16.9. The van der Waals surface area contributed by atoms with Crippen LogP contribution in [-0.4, -0.2) is 71.7 Å². The topological polar surface area (TPSA) is 70.5 Å². The zero-order chi connectivity index (χ0) is 19.8. The van der Waals surface area contributed by atoms with Crippen molar-refractivity contribution in [3.05, 3.63) is 30.0 Å². The van der Waals surface area contributed by atoms with Crippen LogP contribution in [0, 0.1) is 17.8 Å². The van der Waals surface area contributed by atoms with Crippen LogP contribution in [0.25, 0.3) is 10.9 Å². The van der Waals surface area contributed by atoms with Crippen LogP contribution >= 0.6 is 0 Å². The Balaban J connectivity index is 1.59. The van der Waals surface area contributed by atoms with Crippen molar-refractivity contribution in [1.29, 1.82) is 0 Å². The summed E-state index contributed by atoms with van der Waals surface area (Å²) in [5.74, 6) is 0.535. The Morgan fingerprint density at radius 2 is 1.82 bits per heavy atom. The first-order valence-corrected chi connectivity index (χ1v) is 10.1. The number of nitrogens with one attached hydrogen (secondary N) is 1. The van der Waals surface area contributed by atoms with Crippen molar-refractivity contribution in [1.82, 2.24) is 24.9 Å². The molecule has 2 amide bonds. The molecule has 0 bridgehead atoms. The second kappa shape index (κ2) is 7.54. The largest absolute Gasteiger partial charge is 0.359 e. The first-order chi connectivity index (χ1) is 13.5. The summed E-state index contributed by atoms with van der Waals surface area (Å²) in [4.78, 5) is 30.1.